The second kappa shape index (κ2) is 5.16. The van der Waals surface area contributed by atoms with Crippen molar-refractivity contribution < 1.29 is 0 Å². The minimum absolute atomic E-state index is 0.507. The Bertz CT molecular complexity index is 501. The summed E-state index contributed by atoms with van der Waals surface area (Å²) in [4.78, 5) is 12.4. The second-order valence-electron chi connectivity index (χ2n) is 3.62. The van der Waals surface area contributed by atoms with Crippen molar-refractivity contribution in [1.29, 1.82) is 0 Å². The van der Waals surface area contributed by atoms with E-state index in [0.29, 0.717) is 5.95 Å². The van der Waals surface area contributed by atoms with Gasteiger partial charge in [0.2, 0.25) is 5.95 Å². The summed E-state index contributed by atoms with van der Waals surface area (Å²) in [6.45, 7) is 3.85. The molecule has 0 spiro atoms. The lowest BCUT2D eigenvalue weighted by Gasteiger charge is -2.01. The van der Waals surface area contributed by atoms with Crippen LogP contribution in [0.15, 0.2) is 35.7 Å². The highest BCUT2D eigenvalue weighted by Crippen LogP contribution is 2.03. The first-order chi connectivity index (χ1) is 8.24. The highest BCUT2D eigenvalue weighted by Gasteiger charge is 1.96. The smallest absolute Gasteiger partial charge is 0.243 e. The molecule has 0 aromatic carbocycles. The summed E-state index contributed by atoms with van der Waals surface area (Å²) >= 11 is 0. The predicted octanol–water partition coefficient (Wildman–Crippen LogP) is 1.93. The van der Waals surface area contributed by atoms with Crippen LogP contribution in [0, 0.1) is 13.8 Å². The zero-order valence-electron chi connectivity index (χ0n) is 9.75. The van der Waals surface area contributed by atoms with Crippen molar-refractivity contribution in [3.63, 3.8) is 0 Å². The Labute approximate surface area is 99.7 Å². The maximum absolute atomic E-state index is 4.22. The van der Waals surface area contributed by atoms with Crippen molar-refractivity contribution >= 4 is 12.2 Å². The van der Waals surface area contributed by atoms with Crippen molar-refractivity contribution in [3.8, 4) is 0 Å². The molecule has 5 nitrogen and oxygen atoms in total. The maximum Gasteiger partial charge on any atom is 0.243 e. The van der Waals surface area contributed by atoms with Crippen LogP contribution in [-0.2, 0) is 0 Å². The third-order valence-corrected chi connectivity index (χ3v) is 2.07. The quantitative estimate of drug-likeness (QED) is 0.643. The standard InChI is InChI=1S/C12H13N5/c1-9-7-10(2)16-12(15-9)17-14-8-11-3-5-13-6-4-11/h3-8H,1-2H3,(H,15,16,17). The summed E-state index contributed by atoms with van der Waals surface area (Å²) in [6.07, 6.45) is 5.13. The van der Waals surface area contributed by atoms with E-state index < -0.39 is 0 Å². The largest absolute Gasteiger partial charge is 0.265 e. The van der Waals surface area contributed by atoms with E-state index in [4.69, 9.17) is 0 Å². The normalized spacial score (nSPS) is 10.7. The molecule has 2 heterocycles. The molecule has 0 atom stereocenters. The molecule has 0 amide bonds. The molecule has 0 bridgehead atoms. The SMILES string of the molecule is Cc1cc(C)nc(NN=Cc2ccncc2)n1. The van der Waals surface area contributed by atoms with Crippen LogP contribution in [0.3, 0.4) is 0 Å². The zero-order chi connectivity index (χ0) is 12.1. The zero-order valence-corrected chi connectivity index (χ0v) is 9.75. The number of nitrogens with zero attached hydrogens (tertiary/aromatic N) is 4. The molecule has 0 unspecified atom stereocenters. The molecule has 0 fully saturated rings. The van der Waals surface area contributed by atoms with E-state index in [1.165, 1.54) is 0 Å². The molecule has 86 valence electrons. The van der Waals surface area contributed by atoms with Gasteiger partial charge in [0.15, 0.2) is 0 Å². The van der Waals surface area contributed by atoms with Gasteiger partial charge in [0.1, 0.15) is 0 Å². The molecule has 17 heavy (non-hydrogen) atoms. The first-order valence-electron chi connectivity index (χ1n) is 5.25. The lowest BCUT2D eigenvalue weighted by Crippen LogP contribution is -1.99. The minimum Gasteiger partial charge on any atom is -0.265 e. The number of pyridine rings is 1. The van der Waals surface area contributed by atoms with E-state index >= 15 is 0 Å². The van der Waals surface area contributed by atoms with Crippen LogP contribution in [-0.4, -0.2) is 21.2 Å². The van der Waals surface area contributed by atoms with Crippen molar-refractivity contribution in [2.24, 2.45) is 5.10 Å². The molecule has 0 saturated carbocycles. The van der Waals surface area contributed by atoms with Crippen LogP contribution < -0.4 is 5.43 Å². The number of rotatable bonds is 3. The molecule has 5 heteroatoms. The fourth-order valence-electron chi connectivity index (χ4n) is 1.39. The second-order valence-corrected chi connectivity index (χ2v) is 3.62. The van der Waals surface area contributed by atoms with E-state index in [9.17, 15) is 0 Å². The summed E-state index contributed by atoms with van der Waals surface area (Å²) in [5.74, 6) is 0.507. The number of hydrogen-bond acceptors (Lipinski definition) is 5. The molecule has 0 aliphatic rings. The molecular formula is C12H13N5. The number of hydrazone groups is 1. The predicted molar refractivity (Wildman–Crippen MR) is 67.0 cm³/mol. The first-order valence-corrected chi connectivity index (χ1v) is 5.25. The van der Waals surface area contributed by atoms with Gasteiger partial charge in [-0.25, -0.2) is 15.4 Å². The summed E-state index contributed by atoms with van der Waals surface area (Å²) in [6, 6.07) is 5.65. The van der Waals surface area contributed by atoms with Crippen molar-refractivity contribution in [1.82, 2.24) is 15.0 Å². The molecule has 0 saturated heterocycles. The van der Waals surface area contributed by atoms with Gasteiger partial charge in [0.25, 0.3) is 0 Å². The van der Waals surface area contributed by atoms with E-state index in [2.05, 4.69) is 25.5 Å². The Hall–Kier alpha value is -2.30. The Morgan fingerprint density at radius 1 is 1.12 bits per heavy atom. The number of aromatic nitrogens is 3. The number of aryl methyl sites for hydroxylation is 2. The highest BCUT2D eigenvalue weighted by molar-refractivity contribution is 5.79. The van der Waals surface area contributed by atoms with Gasteiger partial charge in [-0.1, -0.05) is 0 Å². The van der Waals surface area contributed by atoms with Gasteiger partial charge in [0.05, 0.1) is 6.21 Å². The van der Waals surface area contributed by atoms with Gasteiger partial charge in [-0.05, 0) is 37.6 Å². The number of hydrogen-bond donors (Lipinski definition) is 1. The van der Waals surface area contributed by atoms with Crippen molar-refractivity contribution in [3.05, 3.63) is 47.5 Å². The average molecular weight is 227 g/mol. The Balaban J connectivity index is 2.05. The molecule has 2 aromatic rings. The van der Waals surface area contributed by atoms with Crippen LogP contribution >= 0.6 is 0 Å². The maximum atomic E-state index is 4.22. The minimum atomic E-state index is 0.507. The fourth-order valence-corrected chi connectivity index (χ4v) is 1.39. The topological polar surface area (TPSA) is 63.1 Å². The van der Waals surface area contributed by atoms with E-state index in [0.717, 1.165) is 17.0 Å². The van der Waals surface area contributed by atoms with Crippen LogP contribution in [0.5, 0.6) is 0 Å². The van der Waals surface area contributed by atoms with E-state index in [1.807, 2.05) is 32.0 Å². The lowest BCUT2D eigenvalue weighted by molar-refractivity contribution is 1.04. The van der Waals surface area contributed by atoms with Crippen LogP contribution in [0.2, 0.25) is 0 Å². The highest BCUT2D eigenvalue weighted by atomic mass is 15.3. The fraction of sp³-hybridized carbons (Fsp3) is 0.167. The van der Waals surface area contributed by atoms with E-state index in [-0.39, 0.29) is 0 Å². The Morgan fingerprint density at radius 3 is 2.41 bits per heavy atom. The van der Waals surface area contributed by atoms with Crippen LogP contribution in [0.25, 0.3) is 0 Å². The molecule has 2 aromatic heterocycles. The summed E-state index contributed by atoms with van der Waals surface area (Å²) in [5, 5.41) is 4.07. The molecule has 0 radical (unpaired) electrons. The summed E-state index contributed by atoms with van der Waals surface area (Å²) in [7, 11) is 0. The lowest BCUT2D eigenvalue weighted by atomic mass is 10.3. The van der Waals surface area contributed by atoms with Gasteiger partial charge >= 0.3 is 0 Å². The Kier molecular flexibility index (Phi) is 3.40. The van der Waals surface area contributed by atoms with Crippen LogP contribution in [0.1, 0.15) is 17.0 Å². The third-order valence-electron chi connectivity index (χ3n) is 2.07. The van der Waals surface area contributed by atoms with Crippen LogP contribution in [0.4, 0.5) is 5.95 Å². The molecule has 0 aliphatic carbocycles. The number of nitrogens with one attached hydrogen (secondary N) is 1. The number of anilines is 1. The van der Waals surface area contributed by atoms with Crippen molar-refractivity contribution in [2.75, 3.05) is 5.43 Å². The van der Waals surface area contributed by atoms with Gasteiger partial charge in [0, 0.05) is 23.8 Å². The van der Waals surface area contributed by atoms with E-state index in [1.54, 1.807) is 18.6 Å². The first kappa shape index (κ1) is 11.2. The molecule has 0 aliphatic heterocycles. The summed E-state index contributed by atoms with van der Waals surface area (Å²) < 4.78 is 0. The molecule has 1 N–H and O–H groups in total. The van der Waals surface area contributed by atoms with Gasteiger partial charge in [-0.2, -0.15) is 5.10 Å². The van der Waals surface area contributed by atoms with Gasteiger partial charge in [-0.3, -0.25) is 4.98 Å². The molecular weight excluding hydrogens is 214 g/mol. The average Bonchev–Trinajstić information content (AvgIpc) is 2.29. The molecule has 2 rings (SSSR count). The monoisotopic (exact) mass is 227 g/mol. The van der Waals surface area contributed by atoms with Crippen molar-refractivity contribution in [2.45, 2.75) is 13.8 Å². The van der Waals surface area contributed by atoms with Gasteiger partial charge < -0.3 is 0 Å². The Morgan fingerprint density at radius 2 is 1.76 bits per heavy atom. The third kappa shape index (κ3) is 3.34. The van der Waals surface area contributed by atoms with Gasteiger partial charge in [-0.15, -0.1) is 0 Å². The summed E-state index contributed by atoms with van der Waals surface area (Å²) in [5.41, 5.74) is 5.60.